The molecular formula is C37H41N3O6S. The lowest BCUT2D eigenvalue weighted by atomic mass is 10.1. The van der Waals surface area contributed by atoms with Crippen molar-refractivity contribution in [2.45, 2.75) is 63.1 Å². The van der Waals surface area contributed by atoms with Gasteiger partial charge in [0, 0.05) is 12.6 Å². The van der Waals surface area contributed by atoms with Gasteiger partial charge in [-0.25, -0.2) is 8.42 Å². The van der Waals surface area contributed by atoms with E-state index in [0.717, 1.165) is 41.1 Å². The molecule has 10 heteroatoms. The van der Waals surface area contributed by atoms with Crippen LogP contribution in [0.4, 0.5) is 5.69 Å². The number of amides is 2. The maximum atomic E-state index is 14.3. The first-order chi connectivity index (χ1) is 22.6. The van der Waals surface area contributed by atoms with E-state index in [1.54, 1.807) is 62.6 Å². The second kappa shape index (κ2) is 15.2. The maximum absolute atomic E-state index is 14.3. The molecule has 1 fully saturated rings. The van der Waals surface area contributed by atoms with Crippen LogP contribution in [0.1, 0.15) is 43.7 Å². The number of rotatable bonds is 13. The zero-order valence-corrected chi connectivity index (χ0v) is 27.8. The highest BCUT2D eigenvalue weighted by atomic mass is 32.2. The quantitative estimate of drug-likeness (QED) is 0.177. The van der Waals surface area contributed by atoms with Gasteiger partial charge in [-0.05, 0) is 92.9 Å². The Labute approximate surface area is 277 Å². The predicted molar refractivity (Wildman–Crippen MR) is 182 cm³/mol. The highest BCUT2D eigenvalue weighted by Gasteiger charge is 2.33. The van der Waals surface area contributed by atoms with Crippen molar-refractivity contribution in [2.24, 2.45) is 0 Å². The molecule has 0 radical (unpaired) electrons. The second-order valence-electron chi connectivity index (χ2n) is 11.8. The van der Waals surface area contributed by atoms with Crippen molar-refractivity contribution < 1.29 is 27.5 Å². The first-order valence-electron chi connectivity index (χ1n) is 15.8. The molecule has 0 aliphatic heterocycles. The molecule has 1 aliphatic rings. The van der Waals surface area contributed by atoms with Gasteiger partial charge < -0.3 is 19.7 Å². The van der Waals surface area contributed by atoms with Gasteiger partial charge in [-0.15, -0.1) is 0 Å². The third kappa shape index (κ3) is 8.51. The minimum absolute atomic E-state index is 0.0502. The Hall–Kier alpha value is -4.83. The molecule has 0 unspecified atom stereocenters. The van der Waals surface area contributed by atoms with E-state index in [1.165, 1.54) is 17.0 Å². The molecule has 5 rings (SSSR count). The van der Waals surface area contributed by atoms with E-state index in [9.17, 15) is 18.0 Å². The van der Waals surface area contributed by atoms with Crippen LogP contribution >= 0.6 is 0 Å². The maximum Gasteiger partial charge on any atom is 0.264 e. The highest BCUT2D eigenvalue weighted by Crippen LogP contribution is 2.29. The standard InChI is InChI=1S/C37H41N3O6S/c1-27-13-23-35(24-14-27)47(43,44)40(31-17-21-34(22-18-31)46-33-11-5-4-6-12-33)26-36(41)39(25-29-15-19-32(45-3)20-16-29)28(2)37(42)38-30-9-7-8-10-30/h4-6,11-24,28,30H,7-10,25-26H2,1-3H3,(H,38,42)/t28-/m1/s1. The topological polar surface area (TPSA) is 105 Å². The van der Waals surface area contributed by atoms with Crippen LogP contribution < -0.4 is 19.1 Å². The van der Waals surface area contributed by atoms with Crippen molar-refractivity contribution in [3.8, 4) is 17.2 Å². The largest absolute Gasteiger partial charge is 0.497 e. The summed E-state index contributed by atoms with van der Waals surface area (Å²) in [5.74, 6) is 1.02. The van der Waals surface area contributed by atoms with Crippen molar-refractivity contribution in [1.29, 1.82) is 0 Å². The van der Waals surface area contributed by atoms with Crippen LogP contribution in [-0.2, 0) is 26.2 Å². The molecule has 1 saturated carbocycles. The summed E-state index contributed by atoms with van der Waals surface area (Å²) in [4.78, 5) is 29.2. The number of nitrogens with one attached hydrogen (secondary N) is 1. The van der Waals surface area contributed by atoms with Gasteiger partial charge in [0.25, 0.3) is 10.0 Å². The number of aryl methyl sites for hydroxylation is 1. The Morgan fingerprint density at radius 2 is 1.43 bits per heavy atom. The van der Waals surface area contributed by atoms with Crippen LogP contribution in [0.15, 0.2) is 108 Å². The molecule has 47 heavy (non-hydrogen) atoms. The van der Waals surface area contributed by atoms with Crippen molar-refractivity contribution in [3.63, 3.8) is 0 Å². The Kier molecular flexibility index (Phi) is 10.8. The SMILES string of the molecule is COc1ccc(CN(C(=O)CN(c2ccc(Oc3ccccc3)cc2)S(=O)(=O)c2ccc(C)cc2)[C@H](C)C(=O)NC2CCCC2)cc1. The van der Waals surface area contributed by atoms with Gasteiger partial charge in [0.05, 0.1) is 17.7 Å². The summed E-state index contributed by atoms with van der Waals surface area (Å²) < 4.78 is 40.6. The number of benzene rings is 4. The summed E-state index contributed by atoms with van der Waals surface area (Å²) in [6.07, 6.45) is 3.90. The van der Waals surface area contributed by atoms with E-state index in [4.69, 9.17) is 9.47 Å². The molecule has 0 spiro atoms. The van der Waals surface area contributed by atoms with Gasteiger partial charge in [-0.1, -0.05) is 60.9 Å². The summed E-state index contributed by atoms with van der Waals surface area (Å²) in [6.45, 7) is 3.13. The highest BCUT2D eigenvalue weighted by molar-refractivity contribution is 7.92. The fraction of sp³-hybridized carbons (Fsp3) is 0.297. The molecule has 4 aromatic carbocycles. The van der Waals surface area contributed by atoms with Gasteiger partial charge in [0.1, 0.15) is 29.8 Å². The molecule has 1 atom stereocenters. The molecule has 0 saturated heterocycles. The first-order valence-corrected chi connectivity index (χ1v) is 17.2. The van der Waals surface area contributed by atoms with Crippen molar-refractivity contribution >= 4 is 27.5 Å². The first kappa shape index (κ1) is 33.5. The Balaban J connectivity index is 1.46. The van der Waals surface area contributed by atoms with Gasteiger partial charge >= 0.3 is 0 Å². The van der Waals surface area contributed by atoms with Gasteiger partial charge in [-0.2, -0.15) is 0 Å². The average Bonchev–Trinajstić information content (AvgIpc) is 3.60. The summed E-state index contributed by atoms with van der Waals surface area (Å²) in [6, 6.07) is 28.7. The van der Waals surface area contributed by atoms with E-state index in [1.807, 2.05) is 49.4 Å². The summed E-state index contributed by atoms with van der Waals surface area (Å²) in [7, 11) is -2.62. The normalized spacial score (nSPS) is 13.9. The smallest absolute Gasteiger partial charge is 0.264 e. The minimum Gasteiger partial charge on any atom is -0.497 e. The number of nitrogens with zero attached hydrogens (tertiary/aromatic N) is 2. The lowest BCUT2D eigenvalue weighted by Gasteiger charge is -2.32. The molecule has 0 aromatic heterocycles. The van der Waals surface area contributed by atoms with Crippen LogP contribution in [-0.4, -0.2) is 50.9 Å². The zero-order valence-electron chi connectivity index (χ0n) is 27.0. The molecule has 246 valence electrons. The third-order valence-electron chi connectivity index (χ3n) is 8.37. The molecule has 0 bridgehead atoms. The minimum atomic E-state index is -4.19. The van der Waals surface area contributed by atoms with Crippen LogP contribution in [0.5, 0.6) is 17.2 Å². The van der Waals surface area contributed by atoms with Crippen LogP contribution in [0.3, 0.4) is 0 Å². The molecule has 1 aliphatic carbocycles. The zero-order chi connectivity index (χ0) is 33.4. The Morgan fingerprint density at radius 1 is 0.830 bits per heavy atom. The van der Waals surface area contributed by atoms with E-state index in [0.29, 0.717) is 17.2 Å². The summed E-state index contributed by atoms with van der Waals surface area (Å²) >= 11 is 0. The van der Waals surface area contributed by atoms with Crippen LogP contribution in [0.2, 0.25) is 0 Å². The lowest BCUT2D eigenvalue weighted by molar-refractivity contribution is -0.139. The van der Waals surface area contributed by atoms with Crippen molar-refractivity contribution in [1.82, 2.24) is 10.2 Å². The van der Waals surface area contributed by atoms with Crippen molar-refractivity contribution in [3.05, 3.63) is 114 Å². The van der Waals surface area contributed by atoms with Crippen LogP contribution in [0.25, 0.3) is 0 Å². The summed E-state index contributed by atoms with van der Waals surface area (Å²) in [5, 5.41) is 3.09. The number of methoxy groups -OCH3 is 1. The van der Waals surface area contributed by atoms with Crippen molar-refractivity contribution in [2.75, 3.05) is 18.0 Å². The number of hydrogen-bond donors (Lipinski definition) is 1. The molecule has 4 aromatic rings. The van der Waals surface area contributed by atoms with Crippen LogP contribution in [0, 0.1) is 6.92 Å². The number of para-hydroxylation sites is 1. The predicted octanol–water partition coefficient (Wildman–Crippen LogP) is 6.47. The molecule has 0 heterocycles. The fourth-order valence-corrected chi connectivity index (χ4v) is 6.99. The van der Waals surface area contributed by atoms with E-state index < -0.39 is 28.5 Å². The number of anilines is 1. The average molecular weight is 656 g/mol. The van der Waals surface area contributed by atoms with E-state index in [-0.39, 0.29) is 29.1 Å². The monoisotopic (exact) mass is 655 g/mol. The fourth-order valence-electron chi connectivity index (χ4n) is 5.57. The van der Waals surface area contributed by atoms with E-state index >= 15 is 0 Å². The Morgan fingerprint density at radius 3 is 2.04 bits per heavy atom. The lowest BCUT2D eigenvalue weighted by Crippen LogP contribution is -2.52. The molecule has 1 N–H and O–H groups in total. The van der Waals surface area contributed by atoms with Gasteiger partial charge in [-0.3, -0.25) is 13.9 Å². The number of hydrogen-bond acceptors (Lipinski definition) is 6. The second-order valence-corrected chi connectivity index (χ2v) is 13.6. The number of carbonyl (C=O) groups is 2. The number of carbonyl (C=O) groups excluding carboxylic acids is 2. The number of sulfonamides is 1. The molecule has 9 nitrogen and oxygen atoms in total. The third-order valence-corrected chi connectivity index (χ3v) is 10.2. The van der Waals surface area contributed by atoms with Gasteiger partial charge in [0.2, 0.25) is 11.8 Å². The van der Waals surface area contributed by atoms with E-state index in [2.05, 4.69) is 5.32 Å². The molecule has 2 amide bonds. The Bertz CT molecular complexity index is 1740. The number of ether oxygens (including phenoxy) is 2. The van der Waals surface area contributed by atoms with Gasteiger partial charge in [0.15, 0.2) is 0 Å². The molecular weight excluding hydrogens is 614 g/mol. The summed E-state index contributed by atoms with van der Waals surface area (Å²) in [5.41, 5.74) is 1.96.